The van der Waals surface area contributed by atoms with Crippen molar-refractivity contribution in [1.82, 2.24) is 45.3 Å². The van der Waals surface area contributed by atoms with Crippen molar-refractivity contribution in [3.8, 4) is 0 Å². The molecule has 0 aliphatic carbocycles. The molecular weight excluding hydrogens is 1260 g/mol. The molecule has 4 aliphatic rings. The zero-order valence-electron chi connectivity index (χ0n) is 55.7. The summed E-state index contributed by atoms with van der Waals surface area (Å²) >= 11 is 0. The van der Waals surface area contributed by atoms with E-state index in [9.17, 15) is 33.2 Å². The van der Waals surface area contributed by atoms with Crippen molar-refractivity contribution in [3.63, 3.8) is 0 Å². The van der Waals surface area contributed by atoms with Gasteiger partial charge in [-0.05, 0) is 140 Å². The number of hydrogen-bond donors (Lipinski definition) is 4. The van der Waals surface area contributed by atoms with Crippen molar-refractivity contribution in [2.75, 3.05) is 64.4 Å². The predicted octanol–water partition coefficient (Wildman–Crippen LogP) is 11.0. The van der Waals surface area contributed by atoms with Crippen LogP contribution in [0.15, 0.2) is 60.7 Å². The Morgan fingerprint density at radius 1 is 0.604 bits per heavy atom. The van der Waals surface area contributed by atoms with Crippen LogP contribution in [0.25, 0.3) is 22.1 Å². The monoisotopic (exact) mass is 1340 g/mol. The highest BCUT2D eigenvalue weighted by molar-refractivity contribution is 5.88. The van der Waals surface area contributed by atoms with Gasteiger partial charge in [-0.15, -0.1) is 0 Å². The number of benzene rings is 4. The average Bonchev–Trinajstić information content (AvgIpc) is 1.58. The molecule has 23 nitrogen and oxygen atoms in total. The molecule has 0 saturated carbocycles. The number of aromatic amines is 1. The topological polar surface area (TPSA) is 253 Å². The number of fused-ring (bicyclic) bond motifs is 2. The number of aromatic nitrogens is 4. The average molecular weight is 1340 g/mol. The first kappa shape index (κ1) is 70.0. The molecule has 0 bridgehead atoms. The van der Waals surface area contributed by atoms with E-state index < -0.39 is 132 Å². The molecule has 96 heavy (non-hydrogen) atoms. The van der Waals surface area contributed by atoms with Gasteiger partial charge in [0, 0.05) is 69.3 Å². The van der Waals surface area contributed by atoms with Gasteiger partial charge in [-0.2, -0.15) is 0 Å². The van der Waals surface area contributed by atoms with E-state index in [1.165, 1.54) is 61.1 Å². The van der Waals surface area contributed by atoms with Crippen LogP contribution in [0, 0.1) is 35.0 Å². The Hall–Kier alpha value is -8.79. The highest BCUT2D eigenvalue weighted by Crippen LogP contribution is 2.51. The van der Waals surface area contributed by atoms with Crippen molar-refractivity contribution >= 4 is 69.5 Å². The maximum Gasteiger partial charge on any atom is 0.408 e. The standard InChI is InChI=1S/C68H84F5N11O12/c1-35(2)56(77-67(90)96-68(5,6)7)64(87)95-34-83-55-33-45(71)43(31-50(55)76-61(83)54-15-13-25-82(54)63(86)58(37(4)92-9)79-66(89)94-11)52-21-20-51(84(52)41-28-46(72)59(47(73)29-41)80-26-22-39(23-27-80)38-16-18-40(69)19-17-38)42-30-48-49(32-44(42)70)75-60(74-48)53-14-12-24-81(53)62(85)57(36(3)91-8)78-65(88)93-10/h16-19,28-33,35-37,39,51-54,56-58H,12-15,20-27,34H2,1-11H3,(H,74,75)(H,77,90)(H,78,88)(H,79,89)/t36-,37-,51-,52-,53+,54+,56+,57+,58+/m1/s1. The Balaban J connectivity index is 1.05. The zero-order valence-corrected chi connectivity index (χ0v) is 55.7. The second-order valence-electron chi connectivity index (χ2n) is 26.3. The molecule has 0 unspecified atom stereocenters. The van der Waals surface area contributed by atoms with Crippen LogP contribution in [0.5, 0.6) is 0 Å². The summed E-state index contributed by atoms with van der Waals surface area (Å²) in [7, 11) is 5.11. The maximum absolute atomic E-state index is 17.9. The molecule has 10 rings (SSSR count). The van der Waals surface area contributed by atoms with Gasteiger partial charge in [0.05, 0.1) is 72.7 Å². The van der Waals surface area contributed by atoms with Gasteiger partial charge in [0.1, 0.15) is 58.5 Å². The molecule has 28 heteroatoms. The van der Waals surface area contributed by atoms with E-state index in [0.717, 1.165) is 24.8 Å². The van der Waals surface area contributed by atoms with E-state index >= 15 is 17.6 Å². The lowest BCUT2D eigenvalue weighted by Gasteiger charge is -2.36. The van der Waals surface area contributed by atoms with Crippen molar-refractivity contribution in [2.24, 2.45) is 5.92 Å². The third-order valence-corrected chi connectivity index (χ3v) is 18.8. The number of piperidine rings is 1. The summed E-state index contributed by atoms with van der Waals surface area (Å²) in [6.07, 6.45) is -1.12. The number of carbonyl (C=O) groups is 6. The van der Waals surface area contributed by atoms with E-state index in [1.54, 1.807) is 81.4 Å². The molecule has 6 heterocycles. The normalized spacial score (nSPS) is 20.1. The first-order chi connectivity index (χ1) is 45.7. The lowest BCUT2D eigenvalue weighted by Crippen LogP contribution is -2.54. The maximum atomic E-state index is 17.9. The number of alkyl carbamates (subject to hydrolysis) is 3. The lowest BCUT2D eigenvalue weighted by atomic mass is 9.89. The number of rotatable bonds is 20. The molecule has 4 aromatic carbocycles. The number of hydrogen-bond acceptors (Lipinski definition) is 16. The molecule has 4 fully saturated rings. The highest BCUT2D eigenvalue weighted by atomic mass is 19.1. The smallest absolute Gasteiger partial charge is 0.408 e. The minimum atomic E-state index is -1.24. The largest absolute Gasteiger partial charge is 0.453 e. The van der Waals surface area contributed by atoms with Gasteiger partial charge in [0.15, 0.2) is 18.4 Å². The number of carbonyl (C=O) groups excluding carboxylic acids is 6. The number of esters is 1. The Morgan fingerprint density at radius 3 is 1.70 bits per heavy atom. The Kier molecular flexibility index (Phi) is 21.4. The second kappa shape index (κ2) is 29.3. The summed E-state index contributed by atoms with van der Waals surface area (Å²) in [4.78, 5) is 100. The molecule has 6 aromatic rings. The van der Waals surface area contributed by atoms with Crippen molar-refractivity contribution < 1.29 is 79.1 Å². The predicted molar refractivity (Wildman–Crippen MR) is 343 cm³/mol. The number of imidazole rings is 2. The second-order valence-corrected chi connectivity index (χ2v) is 26.3. The number of nitrogens with zero attached hydrogens (tertiary/aromatic N) is 7. The van der Waals surface area contributed by atoms with Crippen LogP contribution in [0.1, 0.15) is 158 Å². The quantitative estimate of drug-likeness (QED) is 0.0315. The minimum absolute atomic E-state index is 0.00194. The van der Waals surface area contributed by atoms with E-state index in [-0.39, 0.29) is 89.1 Å². The van der Waals surface area contributed by atoms with Crippen LogP contribution in [0.2, 0.25) is 0 Å². The summed E-state index contributed by atoms with van der Waals surface area (Å²) in [6, 6.07) is 6.80. The molecule has 5 amide bonds. The molecule has 0 radical (unpaired) electrons. The van der Waals surface area contributed by atoms with Gasteiger partial charge in [-0.1, -0.05) is 26.0 Å². The number of nitrogens with one attached hydrogen (secondary N) is 4. The highest BCUT2D eigenvalue weighted by Gasteiger charge is 2.44. The number of H-pyrrole nitrogens is 1. The van der Waals surface area contributed by atoms with Crippen molar-refractivity contribution in [3.05, 3.63) is 118 Å². The zero-order chi connectivity index (χ0) is 69.2. The van der Waals surface area contributed by atoms with Crippen LogP contribution in [-0.4, -0.2) is 156 Å². The van der Waals surface area contributed by atoms with E-state index in [4.69, 9.17) is 38.4 Å². The number of ether oxygens (including phenoxy) is 6. The SMILES string of the molecule is COC(=O)N[C@H](C(=O)N1CCC[C@H]1c1nc2cc(F)c([C@H]3CC[C@H](c4cc5nc([C@@H]6CCCN6C(=O)[C@@H](NC(=O)OC)[C@@H](C)OC)n(COC(=O)[C@@H](NC(=O)OC(C)(C)C)C(C)C)c5cc4F)N3c3cc(F)c(N4CCC(c5ccc(F)cc5)CC4)c(F)c3)cc2[nH]1)[C@@H](C)OC. The van der Waals surface area contributed by atoms with Crippen LogP contribution >= 0.6 is 0 Å². The van der Waals surface area contributed by atoms with E-state index in [0.29, 0.717) is 56.4 Å². The Bertz CT molecular complexity index is 3830. The number of methoxy groups -OCH3 is 4. The Morgan fingerprint density at radius 2 is 1.15 bits per heavy atom. The van der Waals surface area contributed by atoms with E-state index in [2.05, 4.69) is 20.9 Å². The first-order valence-electron chi connectivity index (χ1n) is 32.4. The minimum Gasteiger partial charge on any atom is -0.453 e. The number of likely N-dealkylation sites (tertiary alicyclic amines) is 2. The Labute approximate surface area is 553 Å². The van der Waals surface area contributed by atoms with E-state index in [1.807, 2.05) is 0 Å². The number of halogens is 5. The van der Waals surface area contributed by atoms with Gasteiger partial charge >= 0.3 is 24.2 Å². The van der Waals surface area contributed by atoms with Crippen molar-refractivity contribution in [2.45, 2.75) is 173 Å². The molecule has 0 spiro atoms. The number of amides is 5. The fourth-order valence-corrected chi connectivity index (χ4v) is 13.8. The number of anilines is 2. The summed E-state index contributed by atoms with van der Waals surface area (Å²) in [5, 5.41) is 7.72. The van der Waals surface area contributed by atoms with Crippen LogP contribution in [0.3, 0.4) is 0 Å². The molecule has 4 N–H and O–H groups in total. The summed E-state index contributed by atoms with van der Waals surface area (Å²) in [5.41, 5.74) is 0.614. The van der Waals surface area contributed by atoms with Gasteiger partial charge in [0.25, 0.3) is 0 Å². The van der Waals surface area contributed by atoms with Crippen LogP contribution in [-0.2, 0) is 49.5 Å². The molecular formula is C68H84F5N11O12. The third-order valence-electron chi connectivity index (χ3n) is 18.8. The molecule has 4 saturated heterocycles. The van der Waals surface area contributed by atoms with Crippen molar-refractivity contribution in [1.29, 1.82) is 0 Å². The third kappa shape index (κ3) is 14.8. The van der Waals surface area contributed by atoms with Crippen LogP contribution in [0.4, 0.5) is 47.7 Å². The summed E-state index contributed by atoms with van der Waals surface area (Å²) < 4.78 is 117. The first-order valence-corrected chi connectivity index (χ1v) is 32.4. The van der Waals surface area contributed by atoms with Gasteiger partial charge in [-0.25, -0.2) is 51.1 Å². The van der Waals surface area contributed by atoms with Gasteiger partial charge < -0.3 is 69.0 Å². The molecule has 2 aromatic heterocycles. The fraction of sp³-hybridized carbons (Fsp3) is 0.529. The molecule has 518 valence electrons. The lowest BCUT2D eigenvalue weighted by molar-refractivity contribution is -0.151. The van der Waals surface area contributed by atoms with Gasteiger partial charge in [-0.3, -0.25) is 14.2 Å². The summed E-state index contributed by atoms with van der Waals surface area (Å²) in [6.45, 7) is 12.1. The molecule has 4 aliphatic heterocycles. The van der Waals surface area contributed by atoms with Gasteiger partial charge in [0.2, 0.25) is 11.8 Å². The molecule has 9 atom stereocenters. The summed E-state index contributed by atoms with van der Waals surface area (Å²) in [5.74, 6) is -5.64. The fourth-order valence-electron chi connectivity index (χ4n) is 13.8. The van der Waals surface area contributed by atoms with Crippen LogP contribution < -0.4 is 25.8 Å².